The minimum absolute atomic E-state index is 0. The van der Waals surface area contributed by atoms with E-state index in [0.29, 0.717) is 17.8 Å². The fourth-order valence-corrected chi connectivity index (χ4v) is 2.87. The number of benzene rings is 2. The number of amides is 1. The summed E-state index contributed by atoms with van der Waals surface area (Å²) in [6, 6.07) is 15.7. The van der Waals surface area contributed by atoms with Crippen molar-refractivity contribution < 1.29 is 4.79 Å². The number of hydrogen-bond acceptors (Lipinski definition) is 3. The minimum atomic E-state index is -0.101. The smallest absolute Gasteiger partial charge is 0.253 e. The SMILES string of the molecule is Cl.Cl.Nc1ccccc1C(=O)NCCN1CCc2ccccc2C1. The molecule has 0 unspecified atom stereocenters. The van der Waals surface area contributed by atoms with Crippen molar-refractivity contribution in [3.8, 4) is 0 Å². The number of fused-ring (bicyclic) bond motifs is 1. The maximum atomic E-state index is 12.1. The fraction of sp³-hybridized carbons (Fsp3) is 0.278. The van der Waals surface area contributed by atoms with Crippen LogP contribution in [0, 0.1) is 0 Å². The highest BCUT2D eigenvalue weighted by Gasteiger charge is 2.15. The quantitative estimate of drug-likeness (QED) is 0.816. The molecule has 0 spiro atoms. The standard InChI is InChI=1S/C18H21N3O.2ClH/c19-17-8-4-3-7-16(17)18(22)20-10-12-21-11-9-14-5-1-2-6-15(14)13-21;;/h1-8H,9-13,19H2,(H,20,22);2*1H. The lowest BCUT2D eigenvalue weighted by Crippen LogP contribution is -2.37. The lowest BCUT2D eigenvalue weighted by atomic mass is 10.00. The topological polar surface area (TPSA) is 58.4 Å². The van der Waals surface area contributed by atoms with Gasteiger partial charge in [0.1, 0.15) is 0 Å². The number of carbonyl (C=O) groups is 1. The zero-order valence-electron chi connectivity index (χ0n) is 13.4. The predicted octanol–water partition coefficient (Wildman–Crippen LogP) is 2.90. The van der Waals surface area contributed by atoms with E-state index in [0.717, 1.165) is 26.1 Å². The van der Waals surface area contributed by atoms with Crippen LogP contribution in [0.15, 0.2) is 48.5 Å². The molecule has 24 heavy (non-hydrogen) atoms. The van der Waals surface area contributed by atoms with Crippen LogP contribution >= 0.6 is 24.8 Å². The highest BCUT2D eigenvalue weighted by Crippen LogP contribution is 2.17. The summed E-state index contributed by atoms with van der Waals surface area (Å²) < 4.78 is 0. The third-order valence-corrected chi connectivity index (χ3v) is 4.13. The van der Waals surface area contributed by atoms with Crippen LogP contribution in [0.3, 0.4) is 0 Å². The number of nitrogens with two attached hydrogens (primary N) is 1. The Kier molecular flexibility index (Phi) is 8.05. The molecule has 2 aromatic rings. The molecule has 0 aliphatic carbocycles. The Morgan fingerprint density at radius 3 is 2.46 bits per heavy atom. The van der Waals surface area contributed by atoms with Crippen molar-refractivity contribution in [2.75, 3.05) is 25.4 Å². The average molecular weight is 368 g/mol. The Bertz CT molecular complexity index is 679. The summed E-state index contributed by atoms with van der Waals surface area (Å²) in [5, 5.41) is 2.95. The van der Waals surface area contributed by atoms with Crippen molar-refractivity contribution in [1.82, 2.24) is 10.2 Å². The van der Waals surface area contributed by atoms with Crippen LogP contribution in [-0.4, -0.2) is 30.4 Å². The molecule has 0 bridgehead atoms. The van der Waals surface area contributed by atoms with Crippen molar-refractivity contribution in [3.05, 3.63) is 65.2 Å². The third kappa shape index (κ3) is 4.87. The molecule has 0 atom stereocenters. The van der Waals surface area contributed by atoms with Gasteiger partial charge in [0.05, 0.1) is 5.56 Å². The number of para-hydroxylation sites is 1. The fourth-order valence-electron chi connectivity index (χ4n) is 2.87. The van der Waals surface area contributed by atoms with Gasteiger partial charge < -0.3 is 11.1 Å². The molecule has 1 aliphatic heterocycles. The van der Waals surface area contributed by atoms with Gasteiger partial charge >= 0.3 is 0 Å². The zero-order valence-corrected chi connectivity index (χ0v) is 15.0. The second kappa shape index (κ2) is 9.52. The molecule has 3 rings (SSSR count). The van der Waals surface area contributed by atoms with E-state index < -0.39 is 0 Å². The molecule has 130 valence electrons. The van der Waals surface area contributed by atoms with Crippen molar-refractivity contribution in [2.24, 2.45) is 0 Å². The number of halogens is 2. The highest BCUT2D eigenvalue weighted by molar-refractivity contribution is 5.99. The van der Waals surface area contributed by atoms with E-state index >= 15 is 0 Å². The summed E-state index contributed by atoms with van der Waals surface area (Å²) in [5.74, 6) is -0.101. The summed E-state index contributed by atoms with van der Waals surface area (Å²) in [6.45, 7) is 3.49. The van der Waals surface area contributed by atoms with Crippen LogP contribution in [0.25, 0.3) is 0 Å². The number of hydrogen-bond donors (Lipinski definition) is 2. The van der Waals surface area contributed by atoms with Crippen LogP contribution in [0.2, 0.25) is 0 Å². The first-order valence-corrected chi connectivity index (χ1v) is 7.66. The minimum Gasteiger partial charge on any atom is -0.398 e. The molecule has 0 radical (unpaired) electrons. The van der Waals surface area contributed by atoms with Gasteiger partial charge in [-0.2, -0.15) is 0 Å². The summed E-state index contributed by atoms with van der Waals surface area (Å²) in [5.41, 5.74) is 9.73. The largest absolute Gasteiger partial charge is 0.398 e. The van der Waals surface area contributed by atoms with E-state index in [1.165, 1.54) is 11.1 Å². The summed E-state index contributed by atoms with van der Waals surface area (Å²) in [6.07, 6.45) is 1.08. The van der Waals surface area contributed by atoms with Crippen molar-refractivity contribution >= 4 is 36.4 Å². The van der Waals surface area contributed by atoms with Crippen molar-refractivity contribution in [1.29, 1.82) is 0 Å². The molecule has 0 fully saturated rings. The number of nitrogen functional groups attached to an aromatic ring is 1. The lowest BCUT2D eigenvalue weighted by Gasteiger charge is -2.28. The van der Waals surface area contributed by atoms with Gasteiger partial charge in [0.25, 0.3) is 5.91 Å². The number of anilines is 1. The second-order valence-electron chi connectivity index (χ2n) is 5.64. The van der Waals surface area contributed by atoms with Crippen LogP contribution < -0.4 is 11.1 Å². The van der Waals surface area contributed by atoms with Gasteiger partial charge in [-0.05, 0) is 29.7 Å². The number of carbonyl (C=O) groups excluding carboxylic acids is 1. The predicted molar refractivity (Wildman–Crippen MR) is 103 cm³/mol. The maximum absolute atomic E-state index is 12.1. The molecule has 2 aromatic carbocycles. The first-order chi connectivity index (χ1) is 10.7. The van der Waals surface area contributed by atoms with E-state index in [9.17, 15) is 4.79 Å². The monoisotopic (exact) mass is 367 g/mol. The van der Waals surface area contributed by atoms with E-state index in [-0.39, 0.29) is 30.7 Å². The second-order valence-corrected chi connectivity index (χ2v) is 5.64. The molecule has 1 heterocycles. The van der Waals surface area contributed by atoms with E-state index in [1.807, 2.05) is 12.1 Å². The number of nitrogens with one attached hydrogen (secondary N) is 1. The number of rotatable bonds is 4. The molecule has 6 heteroatoms. The van der Waals surface area contributed by atoms with Gasteiger partial charge in [-0.1, -0.05) is 36.4 Å². The Morgan fingerprint density at radius 2 is 1.71 bits per heavy atom. The highest BCUT2D eigenvalue weighted by atomic mass is 35.5. The Balaban J connectivity index is 0.00000144. The molecule has 4 nitrogen and oxygen atoms in total. The molecule has 1 amide bonds. The van der Waals surface area contributed by atoms with E-state index in [2.05, 4.69) is 34.5 Å². The molecular formula is C18H23Cl2N3O. The Morgan fingerprint density at radius 1 is 1.04 bits per heavy atom. The van der Waals surface area contributed by atoms with Gasteiger partial charge in [-0.15, -0.1) is 24.8 Å². The molecule has 0 aromatic heterocycles. The normalized spacial score (nSPS) is 13.2. The number of nitrogens with zero attached hydrogens (tertiary/aromatic N) is 1. The molecule has 0 saturated heterocycles. The first kappa shape index (κ1) is 20.3. The Hall–Kier alpha value is -1.75. The van der Waals surface area contributed by atoms with Crippen LogP contribution in [0.4, 0.5) is 5.69 Å². The van der Waals surface area contributed by atoms with Gasteiger partial charge in [0.15, 0.2) is 0 Å². The van der Waals surface area contributed by atoms with Gasteiger partial charge in [-0.3, -0.25) is 9.69 Å². The Labute approximate surface area is 155 Å². The van der Waals surface area contributed by atoms with Crippen LogP contribution in [-0.2, 0) is 13.0 Å². The summed E-state index contributed by atoms with van der Waals surface area (Å²) >= 11 is 0. The maximum Gasteiger partial charge on any atom is 0.253 e. The van der Waals surface area contributed by atoms with Crippen molar-refractivity contribution in [3.63, 3.8) is 0 Å². The molecule has 1 aliphatic rings. The van der Waals surface area contributed by atoms with Crippen LogP contribution in [0.5, 0.6) is 0 Å². The average Bonchev–Trinajstić information content (AvgIpc) is 2.55. The van der Waals surface area contributed by atoms with E-state index in [1.54, 1.807) is 12.1 Å². The third-order valence-electron chi connectivity index (χ3n) is 4.13. The van der Waals surface area contributed by atoms with Crippen LogP contribution in [0.1, 0.15) is 21.5 Å². The molecule has 3 N–H and O–H groups in total. The van der Waals surface area contributed by atoms with E-state index in [4.69, 9.17) is 5.73 Å². The van der Waals surface area contributed by atoms with Gasteiger partial charge in [-0.25, -0.2) is 0 Å². The molecule has 0 saturated carbocycles. The van der Waals surface area contributed by atoms with Gasteiger partial charge in [0, 0.05) is 31.9 Å². The van der Waals surface area contributed by atoms with Crippen molar-refractivity contribution in [2.45, 2.75) is 13.0 Å². The lowest BCUT2D eigenvalue weighted by molar-refractivity contribution is 0.0948. The zero-order chi connectivity index (χ0) is 15.4. The first-order valence-electron chi connectivity index (χ1n) is 7.66. The summed E-state index contributed by atoms with van der Waals surface area (Å²) in [7, 11) is 0. The molecular weight excluding hydrogens is 345 g/mol. The van der Waals surface area contributed by atoms with Gasteiger partial charge in [0.2, 0.25) is 0 Å². The summed E-state index contributed by atoms with van der Waals surface area (Å²) in [4.78, 5) is 14.5.